The number of benzene rings is 2. The highest BCUT2D eigenvalue weighted by Gasteiger charge is 2.17. The molecule has 2 heterocycles. The van der Waals surface area contributed by atoms with E-state index in [0.717, 1.165) is 30.6 Å². The summed E-state index contributed by atoms with van der Waals surface area (Å²) in [6.07, 6.45) is 2.10. The predicted molar refractivity (Wildman–Crippen MR) is 109 cm³/mol. The minimum Gasteiger partial charge on any atom is -0.480 e. The average molecular weight is 396 g/mol. The highest BCUT2D eigenvalue weighted by molar-refractivity contribution is 5.91. The van der Waals surface area contributed by atoms with Gasteiger partial charge in [-0.1, -0.05) is 12.1 Å². The van der Waals surface area contributed by atoms with E-state index in [0.29, 0.717) is 22.1 Å². The number of nitrogens with zero attached hydrogens (tertiary/aromatic N) is 3. The summed E-state index contributed by atoms with van der Waals surface area (Å²) in [5.74, 6) is -0.605. The molecule has 1 aliphatic rings. The maximum Gasteiger partial charge on any atom is 0.275 e. The second-order valence-electron chi connectivity index (χ2n) is 6.93. The molecule has 8 heteroatoms. The third kappa shape index (κ3) is 3.78. The quantitative estimate of drug-likeness (QED) is 0.718. The molecule has 0 bridgehead atoms. The molecule has 1 aliphatic heterocycles. The van der Waals surface area contributed by atoms with Gasteiger partial charge >= 0.3 is 0 Å². The van der Waals surface area contributed by atoms with Crippen LogP contribution < -0.4 is 20.5 Å². The Morgan fingerprint density at radius 3 is 2.59 bits per heavy atom. The number of hydrogen-bond donors (Lipinski definition) is 1. The van der Waals surface area contributed by atoms with Gasteiger partial charge in [0.05, 0.1) is 23.6 Å². The summed E-state index contributed by atoms with van der Waals surface area (Å²) in [6, 6.07) is 11.5. The van der Waals surface area contributed by atoms with E-state index >= 15 is 0 Å². The maximum absolute atomic E-state index is 14.4. The first kappa shape index (κ1) is 18.9. The molecule has 0 unspecified atom stereocenters. The van der Waals surface area contributed by atoms with Crippen molar-refractivity contribution < 1.29 is 13.9 Å². The van der Waals surface area contributed by atoms with Crippen molar-refractivity contribution in [3.63, 3.8) is 0 Å². The Kier molecular flexibility index (Phi) is 5.16. The number of anilines is 2. The van der Waals surface area contributed by atoms with Gasteiger partial charge in [0.1, 0.15) is 12.4 Å². The molecule has 0 saturated carbocycles. The first-order valence-corrected chi connectivity index (χ1v) is 9.45. The van der Waals surface area contributed by atoms with Gasteiger partial charge in [0.2, 0.25) is 11.8 Å². The molecule has 1 aromatic heterocycles. The standard InChI is InChI=1S/C21H21FN4O3/c1-29-20-15-6-2-3-7-16(15)21(28)26(24-20)13-19(27)23-14-8-9-18(17(22)12-14)25-10-4-5-11-25/h2-3,6-9,12H,4-5,10-11,13H2,1H3,(H,23,27). The van der Waals surface area contributed by atoms with E-state index in [2.05, 4.69) is 10.4 Å². The van der Waals surface area contributed by atoms with E-state index < -0.39 is 11.5 Å². The van der Waals surface area contributed by atoms with E-state index in [-0.39, 0.29) is 18.2 Å². The van der Waals surface area contributed by atoms with Crippen LogP contribution in [0.5, 0.6) is 5.88 Å². The van der Waals surface area contributed by atoms with E-state index in [1.165, 1.54) is 13.2 Å². The monoisotopic (exact) mass is 396 g/mol. The SMILES string of the molecule is COc1nn(CC(=O)Nc2ccc(N3CCCC3)c(F)c2)c(=O)c2ccccc12. The fraction of sp³-hybridized carbons (Fsp3) is 0.286. The van der Waals surface area contributed by atoms with Crippen LogP contribution >= 0.6 is 0 Å². The van der Waals surface area contributed by atoms with Gasteiger partial charge in [0, 0.05) is 18.8 Å². The number of hydrogen-bond acceptors (Lipinski definition) is 5. The van der Waals surface area contributed by atoms with Crippen LogP contribution in [0.15, 0.2) is 47.3 Å². The summed E-state index contributed by atoms with van der Waals surface area (Å²) < 4.78 is 20.7. The Morgan fingerprint density at radius 2 is 1.90 bits per heavy atom. The number of aromatic nitrogens is 2. The van der Waals surface area contributed by atoms with Crippen molar-refractivity contribution in [2.45, 2.75) is 19.4 Å². The highest BCUT2D eigenvalue weighted by Crippen LogP contribution is 2.26. The maximum atomic E-state index is 14.4. The molecule has 3 aromatic rings. The van der Waals surface area contributed by atoms with Crippen molar-refractivity contribution in [1.29, 1.82) is 0 Å². The fourth-order valence-electron chi connectivity index (χ4n) is 3.60. The molecule has 1 amide bonds. The number of nitrogens with one attached hydrogen (secondary N) is 1. The molecule has 0 atom stereocenters. The van der Waals surface area contributed by atoms with Gasteiger partial charge in [-0.2, -0.15) is 0 Å². The van der Waals surface area contributed by atoms with Crippen LogP contribution in [0.4, 0.5) is 15.8 Å². The summed E-state index contributed by atoms with van der Waals surface area (Å²) in [6.45, 7) is 1.36. The van der Waals surface area contributed by atoms with Crippen molar-refractivity contribution in [1.82, 2.24) is 9.78 Å². The Morgan fingerprint density at radius 1 is 1.17 bits per heavy atom. The summed E-state index contributed by atoms with van der Waals surface area (Å²) in [5.41, 5.74) is 0.473. The van der Waals surface area contributed by atoms with E-state index in [4.69, 9.17) is 4.74 Å². The minimum absolute atomic E-state index is 0.258. The van der Waals surface area contributed by atoms with Gasteiger partial charge in [-0.25, -0.2) is 9.07 Å². The first-order valence-electron chi connectivity index (χ1n) is 9.45. The number of carbonyl (C=O) groups is 1. The van der Waals surface area contributed by atoms with Crippen LogP contribution in [-0.4, -0.2) is 35.9 Å². The molecule has 1 N–H and O–H groups in total. The second-order valence-corrected chi connectivity index (χ2v) is 6.93. The highest BCUT2D eigenvalue weighted by atomic mass is 19.1. The molecule has 0 spiro atoms. The predicted octanol–water partition coefficient (Wildman–Crippen LogP) is 2.78. The van der Waals surface area contributed by atoms with Crippen LogP contribution in [-0.2, 0) is 11.3 Å². The van der Waals surface area contributed by atoms with Gasteiger partial charge < -0.3 is 15.0 Å². The number of methoxy groups -OCH3 is 1. The smallest absolute Gasteiger partial charge is 0.275 e. The zero-order chi connectivity index (χ0) is 20.4. The number of rotatable bonds is 5. The van der Waals surface area contributed by atoms with Crippen molar-refractivity contribution in [2.24, 2.45) is 0 Å². The van der Waals surface area contributed by atoms with Crippen LogP contribution in [0.1, 0.15) is 12.8 Å². The fourth-order valence-corrected chi connectivity index (χ4v) is 3.60. The Balaban J connectivity index is 1.54. The second kappa shape index (κ2) is 7.90. The van der Waals surface area contributed by atoms with Crippen molar-refractivity contribution in [3.05, 3.63) is 58.6 Å². The molecule has 1 saturated heterocycles. The lowest BCUT2D eigenvalue weighted by Crippen LogP contribution is -2.30. The number of fused-ring (bicyclic) bond motifs is 1. The summed E-state index contributed by atoms with van der Waals surface area (Å²) in [4.78, 5) is 27.1. The third-order valence-corrected chi connectivity index (χ3v) is 5.00. The Hall–Kier alpha value is -3.42. The molecule has 150 valence electrons. The number of halogens is 1. The van der Waals surface area contributed by atoms with Gasteiger partial charge in [-0.05, 0) is 43.2 Å². The zero-order valence-corrected chi connectivity index (χ0v) is 16.0. The third-order valence-electron chi connectivity index (χ3n) is 5.00. The lowest BCUT2D eigenvalue weighted by molar-refractivity contribution is -0.117. The molecule has 0 aliphatic carbocycles. The topological polar surface area (TPSA) is 76.5 Å². The molecule has 2 aromatic carbocycles. The molecule has 4 rings (SSSR count). The number of ether oxygens (including phenoxy) is 1. The summed E-state index contributed by atoms with van der Waals surface area (Å²) in [5, 5.41) is 7.74. The van der Waals surface area contributed by atoms with Gasteiger partial charge in [-0.15, -0.1) is 5.10 Å². The summed E-state index contributed by atoms with van der Waals surface area (Å²) in [7, 11) is 1.45. The Bertz CT molecular complexity index is 1120. The molecule has 29 heavy (non-hydrogen) atoms. The first-order chi connectivity index (χ1) is 14.1. The van der Waals surface area contributed by atoms with Gasteiger partial charge in [-0.3, -0.25) is 9.59 Å². The lowest BCUT2D eigenvalue weighted by atomic mass is 10.2. The van der Waals surface area contributed by atoms with Crippen molar-refractivity contribution in [3.8, 4) is 5.88 Å². The van der Waals surface area contributed by atoms with Crippen LogP contribution in [0.3, 0.4) is 0 Å². The summed E-state index contributed by atoms with van der Waals surface area (Å²) >= 11 is 0. The van der Waals surface area contributed by atoms with Gasteiger partial charge in [0.25, 0.3) is 5.56 Å². The van der Waals surface area contributed by atoms with E-state index in [1.807, 2.05) is 4.90 Å². The van der Waals surface area contributed by atoms with Crippen LogP contribution in [0.25, 0.3) is 10.8 Å². The largest absolute Gasteiger partial charge is 0.480 e. The van der Waals surface area contributed by atoms with E-state index in [9.17, 15) is 14.0 Å². The molecular formula is C21H21FN4O3. The van der Waals surface area contributed by atoms with Crippen LogP contribution in [0, 0.1) is 5.82 Å². The zero-order valence-electron chi connectivity index (χ0n) is 16.0. The molecular weight excluding hydrogens is 375 g/mol. The molecule has 7 nitrogen and oxygen atoms in total. The number of amides is 1. The molecule has 0 radical (unpaired) electrons. The van der Waals surface area contributed by atoms with E-state index in [1.54, 1.807) is 36.4 Å². The lowest BCUT2D eigenvalue weighted by Gasteiger charge is -2.19. The van der Waals surface area contributed by atoms with Crippen molar-refractivity contribution >= 4 is 28.1 Å². The molecule has 1 fully saturated rings. The van der Waals surface area contributed by atoms with Crippen molar-refractivity contribution in [2.75, 3.05) is 30.4 Å². The van der Waals surface area contributed by atoms with Gasteiger partial charge in [0.15, 0.2) is 0 Å². The van der Waals surface area contributed by atoms with Crippen LogP contribution in [0.2, 0.25) is 0 Å². The number of carbonyl (C=O) groups excluding carboxylic acids is 1. The minimum atomic E-state index is -0.481. The average Bonchev–Trinajstić information content (AvgIpc) is 3.25. The Labute approximate surface area is 166 Å². The normalized spacial score (nSPS) is 13.7.